The Balaban J connectivity index is 1.93. The Morgan fingerprint density at radius 1 is 1.50 bits per heavy atom. The van der Waals surface area contributed by atoms with Crippen LogP contribution in [0.15, 0.2) is 18.5 Å². The normalized spacial score (nSPS) is 11.6. The predicted octanol–water partition coefficient (Wildman–Crippen LogP) is 3.28. The Hall–Kier alpha value is -1.75. The van der Waals surface area contributed by atoms with Crippen molar-refractivity contribution in [1.29, 1.82) is 0 Å². The lowest BCUT2D eigenvalue weighted by molar-refractivity contribution is 0.0528. The summed E-state index contributed by atoms with van der Waals surface area (Å²) in [5, 5.41) is 4.30. The number of nitrogens with zero attached hydrogens (tertiary/aromatic N) is 1. The fourth-order valence-electron chi connectivity index (χ4n) is 1.85. The summed E-state index contributed by atoms with van der Waals surface area (Å²) in [6, 6.07) is 1.86. The molecule has 0 fully saturated rings. The van der Waals surface area contributed by atoms with E-state index in [0.717, 1.165) is 16.6 Å². The molecule has 0 saturated heterocycles. The van der Waals surface area contributed by atoms with Crippen LogP contribution in [0.5, 0.6) is 0 Å². The number of carbonyl (C=O) groups is 1. The molecule has 0 unspecified atom stereocenters. The lowest BCUT2D eigenvalue weighted by atomic mass is 10.1. The summed E-state index contributed by atoms with van der Waals surface area (Å²) in [5.74, 6) is 0. The van der Waals surface area contributed by atoms with Gasteiger partial charge in [0.15, 0.2) is 0 Å². The molecule has 6 heteroatoms. The average Bonchev–Trinajstić information content (AvgIpc) is 2.69. The summed E-state index contributed by atoms with van der Waals surface area (Å²) >= 11 is 5.94. The van der Waals surface area contributed by atoms with Gasteiger partial charge < -0.3 is 15.0 Å². The molecule has 0 aliphatic heterocycles. The number of halogens is 1. The lowest BCUT2D eigenvalue weighted by Gasteiger charge is -2.19. The summed E-state index contributed by atoms with van der Waals surface area (Å²) in [4.78, 5) is 18.8. The smallest absolute Gasteiger partial charge is 0.407 e. The molecule has 0 bridgehead atoms. The van der Waals surface area contributed by atoms with Gasteiger partial charge in [0, 0.05) is 24.3 Å². The van der Waals surface area contributed by atoms with E-state index in [-0.39, 0.29) is 0 Å². The summed E-state index contributed by atoms with van der Waals surface area (Å²) in [5.41, 5.74) is 1.37. The molecule has 2 aromatic rings. The monoisotopic (exact) mass is 295 g/mol. The van der Waals surface area contributed by atoms with Crippen molar-refractivity contribution in [2.24, 2.45) is 0 Å². The lowest BCUT2D eigenvalue weighted by Crippen LogP contribution is -2.33. The van der Waals surface area contributed by atoms with E-state index in [1.54, 1.807) is 6.20 Å². The van der Waals surface area contributed by atoms with Gasteiger partial charge in [-0.1, -0.05) is 11.6 Å². The fourth-order valence-corrected chi connectivity index (χ4v) is 2.01. The summed E-state index contributed by atoms with van der Waals surface area (Å²) < 4.78 is 5.17. The third-order valence-corrected chi connectivity index (χ3v) is 2.85. The number of pyridine rings is 1. The van der Waals surface area contributed by atoms with Crippen LogP contribution in [0.1, 0.15) is 26.3 Å². The molecule has 108 valence electrons. The van der Waals surface area contributed by atoms with Gasteiger partial charge in [-0.25, -0.2) is 9.78 Å². The van der Waals surface area contributed by atoms with Gasteiger partial charge in [0.1, 0.15) is 11.2 Å². The second-order valence-corrected chi connectivity index (χ2v) is 5.98. The number of nitrogens with one attached hydrogen (secondary N) is 2. The van der Waals surface area contributed by atoms with Crippen LogP contribution in [0.3, 0.4) is 0 Å². The Kier molecular flexibility index (Phi) is 4.18. The molecule has 5 nitrogen and oxygen atoms in total. The fraction of sp³-hybridized carbons (Fsp3) is 0.429. The van der Waals surface area contributed by atoms with Gasteiger partial charge in [-0.2, -0.15) is 0 Å². The Morgan fingerprint density at radius 2 is 2.25 bits per heavy atom. The highest BCUT2D eigenvalue weighted by atomic mass is 35.5. The van der Waals surface area contributed by atoms with E-state index in [4.69, 9.17) is 16.3 Å². The van der Waals surface area contributed by atoms with Crippen molar-refractivity contribution in [3.63, 3.8) is 0 Å². The van der Waals surface area contributed by atoms with Crippen LogP contribution in [0.2, 0.25) is 5.02 Å². The van der Waals surface area contributed by atoms with E-state index in [9.17, 15) is 4.79 Å². The number of aromatic nitrogens is 2. The molecular formula is C14H18ClN3O2. The molecule has 2 aromatic heterocycles. The predicted molar refractivity (Wildman–Crippen MR) is 79.0 cm³/mol. The van der Waals surface area contributed by atoms with Gasteiger partial charge in [0.25, 0.3) is 0 Å². The van der Waals surface area contributed by atoms with Crippen LogP contribution in [0, 0.1) is 0 Å². The van der Waals surface area contributed by atoms with Crippen LogP contribution in [-0.4, -0.2) is 28.2 Å². The Bertz CT molecular complexity index is 616. The van der Waals surface area contributed by atoms with Gasteiger partial charge in [-0.3, -0.25) is 0 Å². The maximum atomic E-state index is 11.5. The van der Waals surface area contributed by atoms with E-state index in [2.05, 4.69) is 15.3 Å². The topological polar surface area (TPSA) is 67.0 Å². The van der Waals surface area contributed by atoms with Crippen molar-refractivity contribution in [3.8, 4) is 0 Å². The van der Waals surface area contributed by atoms with Crippen LogP contribution in [0.25, 0.3) is 11.0 Å². The molecule has 0 aliphatic rings. The first-order valence-corrected chi connectivity index (χ1v) is 6.81. The van der Waals surface area contributed by atoms with Crippen molar-refractivity contribution < 1.29 is 9.53 Å². The minimum absolute atomic E-state index is 0.409. The number of carbonyl (C=O) groups excluding carboxylic acids is 1. The molecule has 0 radical (unpaired) electrons. The molecule has 0 atom stereocenters. The van der Waals surface area contributed by atoms with Gasteiger partial charge in [-0.05, 0) is 38.8 Å². The molecule has 0 aromatic carbocycles. The second kappa shape index (κ2) is 5.71. The molecular weight excluding hydrogens is 278 g/mol. The van der Waals surface area contributed by atoms with E-state index >= 15 is 0 Å². The van der Waals surface area contributed by atoms with Crippen molar-refractivity contribution in [1.82, 2.24) is 15.3 Å². The van der Waals surface area contributed by atoms with Crippen LogP contribution in [0.4, 0.5) is 4.79 Å². The highest BCUT2D eigenvalue weighted by Gasteiger charge is 2.15. The van der Waals surface area contributed by atoms with E-state index in [0.29, 0.717) is 18.0 Å². The maximum Gasteiger partial charge on any atom is 0.407 e. The number of amides is 1. The molecule has 2 N–H and O–H groups in total. The SMILES string of the molecule is CC(C)(C)OC(=O)NCCc1c[nH]c2ncc(Cl)cc12. The minimum atomic E-state index is -0.484. The van der Waals surface area contributed by atoms with Crippen molar-refractivity contribution in [2.75, 3.05) is 6.54 Å². The third kappa shape index (κ3) is 3.87. The molecule has 0 saturated carbocycles. The van der Waals surface area contributed by atoms with Crippen LogP contribution in [-0.2, 0) is 11.2 Å². The van der Waals surface area contributed by atoms with Crippen molar-refractivity contribution in [3.05, 3.63) is 29.0 Å². The number of fused-ring (bicyclic) bond motifs is 1. The van der Waals surface area contributed by atoms with E-state index in [1.165, 1.54) is 0 Å². The second-order valence-electron chi connectivity index (χ2n) is 5.54. The quantitative estimate of drug-likeness (QED) is 0.913. The standard InChI is InChI=1S/C14H18ClN3O2/c1-14(2,3)20-13(19)16-5-4-9-7-17-12-11(9)6-10(15)8-18-12/h6-8H,4-5H2,1-3H3,(H,16,19)(H,17,18). The zero-order valence-electron chi connectivity index (χ0n) is 11.8. The molecule has 1 amide bonds. The van der Waals surface area contributed by atoms with Crippen molar-refractivity contribution >= 4 is 28.7 Å². The first-order valence-electron chi connectivity index (χ1n) is 6.43. The number of alkyl carbamates (subject to hydrolysis) is 1. The van der Waals surface area contributed by atoms with E-state index < -0.39 is 11.7 Å². The molecule has 2 rings (SSSR count). The first-order chi connectivity index (χ1) is 9.35. The van der Waals surface area contributed by atoms with Gasteiger partial charge >= 0.3 is 6.09 Å². The number of ether oxygens (including phenoxy) is 1. The minimum Gasteiger partial charge on any atom is -0.444 e. The van der Waals surface area contributed by atoms with Crippen LogP contribution < -0.4 is 5.32 Å². The number of rotatable bonds is 3. The molecule has 2 heterocycles. The number of hydrogen-bond donors (Lipinski definition) is 2. The van der Waals surface area contributed by atoms with Crippen molar-refractivity contribution in [2.45, 2.75) is 32.8 Å². The van der Waals surface area contributed by atoms with E-state index in [1.807, 2.05) is 33.0 Å². The number of aromatic amines is 1. The summed E-state index contributed by atoms with van der Waals surface area (Å²) in [6.45, 7) is 5.99. The largest absolute Gasteiger partial charge is 0.444 e. The molecule has 0 aliphatic carbocycles. The van der Waals surface area contributed by atoms with Crippen LogP contribution >= 0.6 is 11.6 Å². The maximum absolute atomic E-state index is 11.5. The summed E-state index contributed by atoms with van der Waals surface area (Å²) in [7, 11) is 0. The molecule has 0 spiro atoms. The first kappa shape index (κ1) is 14.7. The van der Waals surface area contributed by atoms with Gasteiger partial charge in [-0.15, -0.1) is 0 Å². The van der Waals surface area contributed by atoms with Gasteiger partial charge in [0.2, 0.25) is 0 Å². The summed E-state index contributed by atoms with van der Waals surface area (Å²) in [6.07, 6.45) is 3.75. The highest BCUT2D eigenvalue weighted by molar-refractivity contribution is 6.31. The average molecular weight is 296 g/mol. The number of H-pyrrole nitrogens is 1. The highest BCUT2D eigenvalue weighted by Crippen LogP contribution is 2.20. The Morgan fingerprint density at radius 3 is 2.95 bits per heavy atom. The van der Waals surface area contributed by atoms with Gasteiger partial charge in [0.05, 0.1) is 5.02 Å². The third-order valence-electron chi connectivity index (χ3n) is 2.65. The molecule has 20 heavy (non-hydrogen) atoms. The number of hydrogen-bond acceptors (Lipinski definition) is 3. The zero-order valence-corrected chi connectivity index (χ0v) is 12.5. The Labute approximate surface area is 122 Å². The zero-order chi connectivity index (χ0) is 14.8.